The number of carbonyl (C=O) groups is 1. The van der Waals surface area contributed by atoms with Gasteiger partial charge in [-0.2, -0.15) is 4.89 Å². The van der Waals surface area contributed by atoms with E-state index in [1.165, 1.54) is 6.92 Å². The van der Waals surface area contributed by atoms with Gasteiger partial charge in [-0.3, -0.25) is 0 Å². The quantitative estimate of drug-likeness (QED) is 0.314. The molecular weight excluding hydrogens is 180 g/mol. The second kappa shape index (κ2) is 5.00. The third-order valence-corrected chi connectivity index (χ3v) is 0.653. The molecule has 78 valence electrons. The lowest BCUT2D eigenvalue weighted by atomic mass is 10.2. The summed E-state index contributed by atoms with van der Waals surface area (Å²) in [5.74, 6) is 0. The van der Waals surface area contributed by atoms with E-state index in [2.05, 4.69) is 19.6 Å². The Bertz CT molecular complexity index is 159. The van der Waals surface area contributed by atoms with Gasteiger partial charge in [0.25, 0.3) is 0 Å². The molecule has 6 heteroatoms. The van der Waals surface area contributed by atoms with Gasteiger partial charge in [-0.1, -0.05) is 0 Å². The largest absolute Gasteiger partial charge is 0.544 e. The van der Waals surface area contributed by atoms with Gasteiger partial charge >= 0.3 is 6.16 Å². The zero-order valence-electron chi connectivity index (χ0n) is 8.07. The van der Waals surface area contributed by atoms with Gasteiger partial charge in [0.1, 0.15) is 0 Å². The lowest BCUT2D eigenvalue weighted by Crippen LogP contribution is -2.22. The van der Waals surface area contributed by atoms with Crippen molar-refractivity contribution in [3.05, 3.63) is 0 Å². The van der Waals surface area contributed by atoms with Crippen molar-refractivity contribution >= 4 is 6.16 Å². The van der Waals surface area contributed by atoms with Crippen LogP contribution in [0.5, 0.6) is 0 Å². The van der Waals surface area contributed by atoms with Crippen LogP contribution in [0.3, 0.4) is 0 Å². The van der Waals surface area contributed by atoms with E-state index in [9.17, 15) is 4.79 Å². The van der Waals surface area contributed by atoms with E-state index in [0.717, 1.165) is 0 Å². The van der Waals surface area contributed by atoms with Crippen molar-refractivity contribution in [2.45, 2.75) is 39.6 Å². The maximum Gasteiger partial charge on any atom is 0.544 e. The second-order valence-corrected chi connectivity index (χ2v) is 3.31. The Morgan fingerprint density at radius 1 is 1.38 bits per heavy atom. The molecule has 0 aromatic carbocycles. The van der Waals surface area contributed by atoms with E-state index in [-0.39, 0.29) is 0 Å². The number of hydrogen-bond acceptors (Lipinski definition) is 6. The Labute approximate surface area is 76.2 Å². The predicted octanol–water partition coefficient (Wildman–Crippen LogP) is 1.14. The van der Waals surface area contributed by atoms with Crippen molar-refractivity contribution in [2.24, 2.45) is 0 Å². The summed E-state index contributed by atoms with van der Waals surface area (Å²) in [5, 5.41) is 12.6. The molecule has 6 nitrogen and oxygen atoms in total. The molecule has 0 spiro atoms. The highest BCUT2D eigenvalue weighted by Crippen LogP contribution is 2.07. The van der Waals surface area contributed by atoms with Crippen LogP contribution in [0.4, 0.5) is 4.79 Å². The third kappa shape index (κ3) is 9.06. The van der Waals surface area contributed by atoms with Gasteiger partial charge in [0.05, 0.1) is 5.60 Å². The Morgan fingerprint density at radius 2 is 1.92 bits per heavy atom. The minimum Gasteiger partial charge on any atom is -0.403 e. The summed E-state index contributed by atoms with van der Waals surface area (Å²) >= 11 is 0. The highest BCUT2D eigenvalue weighted by atomic mass is 17.5. The molecular formula is C7H14O6. The van der Waals surface area contributed by atoms with E-state index in [1.54, 1.807) is 20.8 Å². The number of ether oxygens (including phenoxy) is 1. The smallest absolute Gasteiger partial charge is 0.403 e. The standard InChI is InChI=1S/C7H14O6/c1-5(8)10-6(9)11-13-12-7(2,3)4/h5,8H,1-4H3. The van der Waals surface area contributed by atoms with Crippen LogP contribution in [-0.2, 0) is 19.6 Å². The van der Waals surface area contributed by atoms with Gasteiger partial charge in [0.15, 0.2) is 0 Å². The topological polar surface area (TPSA) is 74.2 Å². The first-order valence-electron chi connectivity index (χ1n) is 3.72. The van der Waals surface area contributed by atoms with Gasteiger partial charge in [-0.05, 0) is 32.7 Å². The molecule has 13 heavy (non-hydrogen) atoms. The maximum atomic E-state index is 10.5. The van der Waals surface area contributed by atoms with Crippen LogP contribution in [0.25, 0.3) is 0 Å². The summed E-state index contributed by atoms with van der Waals surface area (Å²) < 4.78 is 4.15. The van der Waals surface area contributed by atoms with Crippen LogP contribution in [-0.4, -0.2) is 23.2 Å². The molecule has 0 aromatic rings. The summed E-state index contributed by atoms with van der Waals surface area (Å²) in [6.45, 7) is 6.37. The van der Waals surface area contributed by atoms with Gasteiger partial charge < -0.3 is 9.84 Å². The Balaban J connectivity index is 3.49. The van der Waals surface area contributed by atoms with E-state index < -0.39 is 18.0 Å². The third-order valence-electron chi connectivity index (χ3n) is 0.653. The fourth-order valence-corrected chi connectivity index (χ4v) is 0.306. The molecule has 0 aromatic heterocycles. The van der Waals surface area contributed by atoms with Crippen LogP contribution in [0, 0.1) is 0 Å². The molecule has 0 radical (unpaired) electrons. The van der Waals surface area contributed by atoms with Crippen molar-refractivity contribution in [1.82, 2.24) is 0 Å². The molecule has 0 heterocycles. The first-order chi connectivity index (χ1) is 5.81. The van der Waals surface area contributed by atoms with Crippen molar-refractivity contribution in [1.29, 1.82) is 0 Å². The molecule has 1 unspecified atom stereocenters. The Hall–Kier alpha value is -0.850. The number of aliphatic hydroxyl groups is 1. The zero-order chi connectivity index (χ0) is 10.5. The first-order valence-corrected chi connectivity index (χ1v) is 3.72. The maximum absolute atomic E-state index is 10.5. The molecule has 0 aliphatic rings. The average Bonchev–Trinajstić information content (AvgIpc) is 1.81. The van der Waals surface area contributed by atoms with Crippen molar-refractivity contribution in [3.8, 4) is 0 Å². The van der Waals surface area contributed by atoms with Crippen LogP contribution < -0.4 is 0 Å². The van der Waals surface area contributed by atoms with Crippen LogP contribution in [0.2, 0.25) is 0 Å². The highest BCUT2D eigenvalue weighted by molar-refractivity contribution is 5.58. The summed E-state index contributed by atoms with van der Waals surface area (Å²) in [6.07, 6.45) is -2.41. The molecule has 1 atom stereocenters. The van der Waals surface area contributed by atoms with Gasteiger partial charge in [0, 0.05) is 0 Å². The monoisotopic (exact) mass is 194 g/mol. The summed E-state index contributed by atoms with van der Waals surface area (Å²) in [6, 6.07) is 0. The normalized spacial score (nSPS) is 13.6. The number of hydrogen-bond donors (Lipinski definition) is 1. The molecule has 0 bridgehead atoms. The first kappa shape index (κ1) is 12.2. The number of carbonyl (C=O) groups excluding carboxylic acids is 1. The molecule has 0 amide bonds. The fourth-order valence-electron chi connectivity index (χ4n) is 0.306. The van der Waals surface area contributed by atoms with Crippen LogP contribution >= 0.6 is 0 Å². The zero-order valence-corrected chi connectivity index (χ0v) is 8.07. The Morgan fingerprint density at radius 3 is 2.31 bits per heavy atom. The fraction of sp³-hybridized carbons (Fsp3) is 0.857. The summed E-state index contributed by atoms with van der Waals surface area (Å²) in [7, 11) is 0. The van der Waals surface area contributed by atoms with Gasteiger partial charge in [-0.15, -0.1) is 0 Å². The summed E-state index contributed by atoms with van der Waals surface area (Å²) in [5.41, 5.74) is -0.592. The van der Waals surface area contributed by atoms with Crippen molar-refractivity contribution in [3.63, 3.8) is 0 Å². The number of aliphatic hydroxyl groups excluding tert-OH is 1. The summed E-state index contributed by atoms with van der Waals surface area (Å²) in [4.78, 5) is 19.1. The van der Waals surface area contributed by atoms with Crippen molar-refractivity contribution in [2.75, 3.05) is 0 Å². The molecule has 0 rings (SSSR count). The minimum atomic E-state index is -1.24. The van der Waals surface area contributed by atoms with Crippen LogP contribution in [0.15, 0.2) is 0 Å². The molecule has 0 saturated heterocycles. The Kier molecular flexibility index (Phi) is 4.68. The SMILES string of the molecule is CC(O)OC(=O)OOOC(C)(C)C. The van der Waals surface area contributed by atoms with E-state index in [0.29, 0.717) is 0 Å². The average molecular weight is 194 g/mol. The lowest BCUT2D eigenvalue weighted by Gasteiger charge is -2.15. The number of rotatable bonds is 3. The molecule has 0 aliphatic heterocycles. The van der Waals surface area contributed by atoms with E-state index in [1.807, 2.05) is 0 Å². The van der Waals surface area contributed by atoms with Gasteiger partial charge in [0.2, 0.25) is 6.29 Å². The second-order valence-electron chi connectivity index (χ2n) is 3.31. The van der Waals surface area contributed by atoms with E-state index >= 15 is 0 Å². The molecule has 0 aliphatic carbocycles. The van der Waals surface area contributed by atoms with E-state index in [4.69, 9.17) is 5.11 Å². The van der Waals surface area contributed by atoms with Crippen molar-refractivity contribution < 1.29 is 29.5 Å². The predicted molar refractivity (Wildman–Crippen MR) is 41.2 cm³/mol. The molecule has 0 fully saturated rings. The minimum absolute atomic E-state index is 0.592. The van der Waals surface area contributed by atoms with Gasteiger partial charge in [-0.25, -0.2) is 9.68 Å². The molecule has 1 N–H and O–H groups in total. The molecule has 0 saturated carbocycles. The lowest BCUT2D eigenvalue weighted by molar-refractivity contribution is -0.515. The van der Waals surface area contributed by atoms with Crippen LogP contribution in [0.1, 0.15) is 27.7 Å². The highest BCUT2D eigenvalue weighted by Gasteiger charge is 2.15.